The lowest BCUT2D eigenvalue weighted by atomic mass is 10.1. The Labute approximate surface area is 140 Å². The van der Waals surface area contributed by atoms with E-state index >= 15 is 0 Å². The summed E-state index contributed by atoms with van der Waals surface area (Å²) in [6, 6.07) is 16.3. The zero-order valence-corrected chi connectivity index (χ0v) is 13.7. The number of benzene rings is 2. The molecule has 124 valence electrons. The summed E-state index contributed by atoms with van der Waals surface area (Å²) >= 11 is 0. The molecule has 0 atom stereocenters. The Morgan fingerprint density at radius 1 is 0.958 bits per heavy atom. The predicted octanol–water partition coefficient (Wildman–Crippen LogP) is 1.39. The first-order chi connectivity index (χ1) is 11.6. The van der Waals surface area contributed by atoms with Gasteiger partial charge in [0, 0.05) is 13.1 Å². The standard InChI is InChI=1S/C16H17N5O2S/c22-24(23,18-12-15-4-2-1-3-5-15)16-8-6-14(7-9-16)10-11-21-13-17-19-20-21/h1-9,13,18H,10-12H2. The minimum absolute atomic E-state index is 0.254. The van der Waals surface area contributed by atoms with E-state index in [0.717, 1.165) is 17.5 Å². The smallest absolute Gasteiger partial charge is 0.232 e. The van der Waals surface area contributed by atoms with Crippen molar-refractivity contribution in [1.29, 1.82) is 0 Å². The molecule has 1 heterocycles. The van der Waals surface area contributed by atoms with Gasteiger partial charge in [-0.15, -0.1) is 5.10 Å². The van der Waals surface area contributed by atoms with Crippen LogP contribution in [0.1, 0.15) is 11.1 Å². The van der Waals surface area contributed by atoms with Gasteiger partial charge in [0.25, 0.3) is 0 Å². The van der Waals surface area contributed by atoms with Crippen LogP contribution in [-0.2, 0) is 29.5 Å². The number of aryl methyl sites for hydroxylation is 2. The maximum atomic E-state index is 12.3. The summed E-state index contributed by atoms with van der Waals surface area (Å²) in [7, 11) is -3.52. The number of nitrogens with one attached hydrogen (secondary N) is 1. The van der Waals surface area contributed by atoms with Gasteiger partial charge in [-0.25, -0.2) is 17.8 Å². The molecule has 1 N–H and O–H groups in total. The van der Waals surface area contributed by atoms with Crippen molar-refractivity contribution in [3.63, 3.8) is 0 Å². The van der Waals surface area contributed by atoms with Crippen LogP contribution < -0.4 is 4.72 Å². The Hall–Kier alpha value is -2.58. The number of aromatic nitrogens is 4. The summed E-state index contributed by atoms with van der Waals surface area (Å²) in [4.78, 5) is 0.254. The summed E-state index contributed by atoms with van der Waals surface area (Å²) in [6.07, 6.45) is 2.27. The lowest BCUT2D eigenvalue weighted by Crippen LogP contribution is -2.23. The second-order valence-corrected chi connectivity index (χ2v) is 7.04. The molecular formula is C16H17N5O2S. The Morgan fingerprint density at radius 3 is 2.38 bits per heavy atom. The summed E-state index contributed by atoms with van der Waals surface area (Å²) in [5.41, 5.74) is 1.94. The first-order valence-electron chi connectivity index (χ1n) is 7.47. The molecule has 0 amide bonds. The maximum Gasteiger partial charge on any atom is 0.240 e. The van der Waals surface area contributed by atoms with E-state index in [1.807, 2.05) is 30.3 Å². The highest BCUT2D eigenvalue weighted by Crippen LogP contribution is 2.12. The summed E-state index contributed by atoms with van der Waals surface area (Å²) < 4.78 is 28.9. The number of rotatable bonds is 7. The lowest BCUT2D eigenvalue weighted by Gasteiger charge is -2.08. The van der Waals surface area contributed by atoms with Gasteiger partial charge in [-0.2, -0.15) is 0 Å². The number of hydrogen-bond donors (Lipinski definition) is 1. The molecule has 0 spiro atoms. The third-order valence-corrected chi connectivity index (χ3v) is 4.98. The van der Waals surface area contributed by atoms with Crippen molar-refractivity contribution in [2.24, 2.45) is 0 Å². The minimum atomic E-state index is -3.52. The maximum absolute atomic E-state index is 12.3. The van der Waals surface area contributed by atoms with Gasteiger partial charge in [-0.05, 0) is 40.1 Å². The molecule has 2 aromatic carbocycles. The van der Waals surface area contributed by atoms with Crippen LogP contribution in [0.15, 0.2) is 65.8 Å². The van der Waals surface area contributed by atoms with Gasteiger partial charge in [0.05, 0.1) is 4.90 Å². The Kier molecular flexibility index (Phi) is 4.97. The lowest BCUT2D eigenvalue weighted by molar-refractivity contribution is 0.580. The fraction of sp³-hybridized carbons (Fsp3) is 0.188. The number of sulfonamides is 1. The number of nitrogens with zero attached hydrogens (tertiary/aromatic N) is 4. The predicted molar refractivity (Wildman–Crippen MR) is 88.4 cm³/mol. The second-order valence-electron chi connectivity index (χ2n) is 5.28. The quantitative estimate of drug-likeness (QED) is 0.700. The van der Waals surface area contributed by atoms with Crippen molar-refractivity contribution in [2.45, 2.75) is 24.4 Å². The number of tetrazole rings is 1. The SMILES string of the molecule is O=S(=O)(NCc1ccccc1)c1ccc(CCn2cnnn2)cc1. The average molecular weight is 343 g/mol. The van der Waals surface area contributed by atoms with Gasteiger partial charge in [0.1, 0.15) is 6.33 Å². The topological polar surface area (TPSA) is 89.8 Å². The third kappa shape index (κ3) is 4.24. The van der Waals surface area contributed by atoms with E-state index in [4.69, 9.17) is 0 Å². The monoisotopic (exact) mass is 343 g/mol. The highest BCUT2D eigenvalue weighted by Gasteiger charge is 2.13. The average Bonchev–Trinajstić information content (AvgIpc) is 3.13. The van der Waals surface area contributed by atoms with Crippen LogP contribution >= 0.6 is 0 Å². The van der Waals surface area contributed by atoms with Gasteiger partial charge in [-0.3, -0.25) is 0 Å². The Bertz CT molecular complexity index is 863. The minimum Gasteiger partial charge on any atom is -0.232 e. The summed E-state index contributed by atoms with van der Waals surface area (Å²) in [6.45, 7) is 0.912. The number of hydrogen-bond acceptors (Lipinski definition) is 5. The normalized spacial score (nSPS) is 11.5. The van der Waals surface area contributed by atoms with Crippen molar-refractivity contribution in [3.8, 4) is 0 Å². The molecule has 3 rings (SSSR count). The Morgan fingerprint density at radius 2 is 1.71 bits per heavy atom. The van der Waals surface area contributed by atoms with Crippen molar-refractivity contribution in [2.75, 3.05) is 0 Å². The van der Waals surface area contributed by atoms with E-state index in [2.05, 4.69) is 20.2 Å². The van der Waals surface area contributed by atoms with Crippen LogP contribution in [0, 0.1) is 0 Å². The van der Waals surface area contributed by atoms with Crippen molar-refractivity contribution >= 4 is 10.0 Å². The molecule has 0 aliphatic carbocycles. The van der Waals surface area contributed by atoms with Gasteiger partial charge in [0.2, 0.25) is 10.0 Å². The summed E-state index contributed by atoms with van der Waals surface area (Å²) in [5.74, 6) is 0. The fourth-order valence-corrected chi connectivity index (χ4v) is 3.24. The van der Waals surface area contributed by atoms with E-state index < -0.39 is 10.0 Å². The molecule has 8 heteroatoms. The molecule has 0 fully saturated rings. The van der Waals surface area contributed by atoms with Crippen LogP contribution in [0.2, 0.25) is 0 Å². The first-order valence-corrected chi connectivity index (χ1v) is 8.95. The van der Waals surface area contributed by atoms with Crippen LogP contribution in [0.5, 0.6) is 0 Å². The molecule has 0 aliphatic heterocycles. The summed E-state index contributed by atoms with van der Waals surface area (Å²) in [5, 5.41) is 10.9. The largest absolute Gasteiger partial charge is 0.240 e. The van der Waals surface area contributed by atoms with E-state index in [1.165, 1.54) is 0 Å². The Balaban J connectivity index is 1.61. The van der Waals surface area contributed by atoms with Gasteiger partial charge < -0.3 is 0 Å². The van der Waals surface area contributed by atoms with E-state index in [0.29, 0.717) is 6.54 Å². The van der Waals surface area contributed by atoms with Crippen molar-refractivity contribution < 1.29 is 8.42 Å². The van der Waals surface area contributed by atoms with Crippen molar-refractivity contribution in [3.05, 3.63) is 72.1 Å². The van der Waals surface area contributed by atoms with E-state index in [1.54, 1.807) is 35.3 Å². The highest BCUT2D eigenvalue weighted by molar-refractivity contribution is 7.89. The first kappa shape index (κ1) is 16.3. The van der Waals surface area contributed by atoms with E-state index in [9.17, 15) is 8.42 Å². The van der Waals surface area contributed by atoms with Crippen LogP contribution in [0.25, 0.3) is 0 Å². The zero-order chi connectivity index (χ0) is 16.8. The highest BCUT2D eigenvalue weighted by atomic mass is 32.2. The molecule has 0 saturated carbocycles. The van der Waals surface area contributed by atoms with Crippen LogP contribution in [0.4, 0.5) is 0 Å². The second kappa shape index (κ2) is 7.33. The van der Waals surface area contributed by atoms with E-state index in [-0.39, 0.29) is 11.4 Å². The molecule has 0 saturated heterocycles. The van der Waals surface area contributed by atoms with Gasteiger partial charge in [0.15, 0.2) is 0 Å². The zero-order valence-electron chi connectivity index (χ0n) is 12.9. The third-order valence-electron chi connectivity index (χ3n) is 3.56. The molecule has 0 unspecified atom stereocenters. The van der Waals surface area contributed by atoms with Crippen LogP contribution in [-0.4, -0.2) is 28.6 Å². The molecule has 24 heavy (non-hydrogen) atoms. The van der Waals surface area contributed by atoms with Gasteiger partial charge >= 0.3 is 0 Å². The molecule has 7 nitrogen and oxygen atoms in total. The molecular weight excluding hydrogens is 326 g/mol. The molecule has 0 aliphatic rings. The molecule has 1 aromatic heterocycles. The molecule has 3 aromatic rings. The fourth-order valence-electron chi connectivity index (χ4n) is 2.22. The van der Waals surface area contributed by atoms with Crippen LogP contribution in [0.3, 0.4) is 0 Å². The molecule has 0 bridgehead atoms. The molecule has 0 radical (unpaired) electrons. The van der Waals surface area contributed by atoms with Gasteiger partial charge in [-0.1, -0.05) is 42.5 Å². The van der Waals surface area contributed by atoms with Crippen molar-refractivity contribution in [1.82, 2.24) is 24.9 Å².